The van der Waals surface area contributed by atoms with Gasteiger partial charge in [-0.05, 0) is 63.4 Å². The quantitative estimate of drug-likeness (QED) is 0.856. The van der Waals surface area contributed by atoms with Crippen LogP contribution in [0.3, 0.4) is 0 Å². The Hall–Kier alpha value is -1.06. The molecule has 1 saturated carbocycles. The van der Waals surface area contributed by atoms with Gasteiger partial charge < -0.3 is 15.4 Å². The molecule has 1 aromatic carbocycles. The number of hydrogen-bond donors (Lipinski definition) is 2. The van der Waals surface area contributed by atoms with E-state index in [0.717, 1.165) is 11.7 Å². The summed E-state index contributed by atoms with van der Waals surface area (Å²) in [4.78, 5) is 0. The predicted molar refractivity (Wildman–Crippen MR) is 79.6 cm³/mol. The SMILES string of the molecule is CNC1CCC(C(NC)c2ccc(OC)cc2)CC1. The van der Waals surface area contributed by atoms with Gasteiger partial charge in [0.25, 0.3) is 0 Å². The van der Waals surface area contributed by atoms with Crippen LogP contribution in [-0.2, 0) is 0 Å². The molecule has 0 heterocycles. The fourth-order valence-corrected chi connectivity index (χ4v) is 3.23. The van der Waals surface area contributed by atoms with Gasteiger partial charge in [0.2, 0.25) is 0 Å². The zero-order valence-corrected chi connectivity index (χ0v) is 12.3. The minimum atomic E-state index is 0.462. The normalized spacial score (nSPS) is 25.0. The molecule has 2 rings (SSSR count). The van der Waals surface area contributed by atoms with Gasteiger partial charge in [0, 0.05) is 12.1 Å². The molecule has 1 atom stereocenters. The molecule has 1 unspecified atom stereocenters. The highest BCUT2D eigenvalue weighted by atomic mass is 16.5. The van der Waals surface area contributed by atoms with E-state index in [2.05, 4.69) is 49.0 Å². The molecule has 1 aliphatic rings. The van der Waals surface area contributed by atoms with Crippen LogP contribution in [0.1, 0.15) is 37.3 Å². The van der Waals surface area contributed by atoms with Gasteiger partial charge in [-0.15, -0.1) is 0 Å². The first kappa shape index (κ1) is 14.4. The summed E-state index contributed by atoms with van der Waals surface area (Å²) < 4.78 is 5.23. The Labute approximate surface area is 116 Å². The van der Waals surface area contributed by atoms with Gasteiger partial charge >= 0.3 is 0 Å². The lowest BCUT2D eigenvalue weighted by atomic mass is 9.79. The van der Waals surface area contributed by atoms with Crippen LogP contribution in [0.25, 0.3) is 0 Å². The van der Waals surface area contributed by atoms with Gasteiger partial charge in [0.15, 0.2) is 0 Å². The maximum Gasteiger partial charge on any atom is 0.118 e. The van der Waals surface area contributed by atoms with E-state index in [4.69, 9.17) is 4.74 Å². The van der Waals surface area contributed by atoms with Gasteiger partial charge in [-0.3, -0.25) is 0 Å². The molecule has 0 aliphatic heterocycles. The largest absolute Gasteiger partial charge is 0.497 e. The van der Waals surface area contributed by atoms with E-state index < -0.39 is 0 Å². The van der Waals surface area contributed by atoms with Crippen molar-refractivity contribution in [2.45, 2.75) is 37.8 Å². The molecule has 1 aliphatic carbocycles. The molecule has 106 valence electrons. The molecule has 0 radical (unpaired) electrons. The third-order valence-corrected chi connectivity index (χ3v) is 4.44. The van der Waals surface area contributed by atoms with E-state index in [1.807, 2.05) is 0 Å². The van der Waals surface area contributed by atoms with Gasteiger partial charge in [-0.25, -0.2) is 0 Å². The molecule has 0 amide bonds. The van der Waals surface area contributed by atoms with Crippen LogP contribution in [-0.4, -0.2) is 27.2 Å². The lowest BCUT2D eigenvalue weighted by Crippen LogP contribution is -2.34. The first-order valence-electron chi connectivity index (χ1n) is 7.27. The number of benzene rings is 1. The number of methoxy groups -OCH3 is 1. The van der Waals surface area contributed by atoms with Crippen LogP contribution in [0.2, 0.25) is 0 Å². The summed E-state index contributed by atoms with van der Waals surface area (Å²) in [5.74, 6) is 1.67. The Morgan fingerprint density at radius 2 is 1.68 bits per heavy atom. The number of hydrogen-bond acceptors (Lipinski definition) is 3. The second-order valence-electron chi connectivity index (χ2n) is 5.44. The van der Waals surface area contributed by atoms with E-state index >= 15 is 0 Å². The molecule has 3 nitrogen and oxygen atoms in total. The Kier molecular flexibility index (Phi) is 5.23. The summed E-state index contributed by atoms with van der Waals surface area (Å²) in [6.45, 7) is 0. The maximum atomic E-state index is 5.23. The van der Waals surface area contributed by atoms with Crippen LogP contribution in [0.15, 0.2) is 24.3 Å². The van der Waals surface area contributed by atoms with Crippen molar-refractivity contribution in [1.29, 1.82) is 0 Å². The average Bonchev–Trinajstić information content (AvgIpc) is 2.49. The third kappa shape index (κ3) is 3.48. The number of rotatable bonds is 5. The van der Waals surface area contributed by atoms with E-state index in [-0.39, 0.29) is 0 Å². The number of ether oxygens (including phenoxy) is 1. The van der Waals surface area contributed by atoms with Crippen molar-refractivity contribution in [2.75, 3.05) is 21.2 Å². The topological polar surface area (TPSA) is 33.3 Å². The molecule has 0 bridgehead atoms. The van der Waals surface area contributed by atoms with Crippen molar-refractivity contribution in [2.24, 2.45) is 5.92 Å². The summed E-state index contributed by atoms with van der Waals surface area (Å²) in [5, 5.41) is 6.90. The highest BCUT2D eigenvalue weighted by molar-refractivity contribution is 5.29. The van der Waals surface area contributed by atoms with Crippen molar-refractivity contribution in [3.8, 4) is 5.75 Å². The zero-order valence-electron chi connectivity index (χ0n) is 12.3. The van der Waals surface area contributed by atoms with Crippen molar-refractivity contribution in [3.63, 3.8) is 0 Å². The van der Waals surface area contributed by atoms with Gasteiger partial charge in [-0.2, -0.15) is 0 Å². The molecule has 0 saturated heterocycles. The summed E-state index contributed by atoms with van der Waals surface area (Å²) in [6.07, 6.45) is 5.16. The number of nitrogens with one attached hydrogen (secondary N) is 2. The van der Waals surface area contributed by atoms with Crippen LogP contribution < -0.4 is 15.4 Å². The predicted octanol–water partition coefficient (Wildman–Crippen LogP) is 2.73. The summed E-state index contributed by atoms with van der Waals surface area (Å²) in [6, 6.07) is 9.65. The standard InChI is InChI=1S/C16H26N2O/c1-17-14-8-4-12(5-9-14)16(18-2)13-6-10-15(19-3)11-7-13/h6-7,10-12,14,16-18H,4-5,8-9H2,1-3H3. The van der Waals surface area contributed by atoms with Crippen molar-refractivity contribution < 1.29 is 4.74 Å². The first-order valence-corrected chi connectivity index (χ1v) is 7.27. The Morgan fingerprint density at radius 1 is 1.05 bits per heavy atom. The van der Waals surface area contributed by atoms with E-state index in [9.17, 15) is 0 Å². The molecule has 1 aromatic rings. The van der Waals surface area contributed by atoms with Gasteiger partial charge in [0.1, 0.15) is 5.75 Å². The fraction of sp³-hybridized carbons (Fsp3) is 0.625. The summed E-state index contributed by atoms with van der Waals surface area (Å²) in [7, 11) is 5.85. The Bertz CT molecular complexity index is 369. The monoisotopic (exact) mass is 262 g/mol. The van der Waals surface area contributed by atoms with Crippen LogP contribution in [0.4, 0.5) is 0 Å². The molecular weight excluding hydrogens is 236 g/mol. The van der Waals surface area contributed by atoms with E-state index in [0.29, 0.717) is 12.1 Å². The molecule has 0 aromatic heterocycles. The van der Waals surface area contributed by atoms with Gasteiger partial charge in [-0.1, -0.05) is 12.1 Å². The molecule has 2 N–H and O–H groups in total. The lowest BCUT2D eigenvalue weighted by Gasteiger charge is -2.34. The lowest BCUT2D eigenvalue weighted by molar-refractivity contribution is 0.247. The van der Waals surface area contributed by atoms with Crippen molar-refractivity contribution >= 4 is 0 Å². The molecule has 0 spiro atoms. The van der Waals surface area contributed by atoms with E-state index in [1.165, 1.54) is 31.2 Å². The summed E-state index contributed by atoms with van der Waals surface area (Å²) >= 11 is 0. The summed E-state index contributed by atoms with van der Waals surface area (Å²) in [5.41, 5.74) is 1.37. The van der Waals surface area contributed by atoms with Crippen molar-refractivity contribution in [3.05, 3.63) is 29.8 Å². The van der Waals surface area contributed by atoms with Crippen LogP contribution in [0, 0.1) is 5.92 Å². The average molecular weight is 262 g/mol. The van der Waals surface area contributed by atoms with E-state index in [1.54, 1.807) is 7.11 Å². The maximum absolute atomic E-state index is 5.23. The molecular formula is C16H26N2O. The third-order valence-electron chi connectivity index (χ3n) is 4.44. The Morgan fingerprint density at radius 3 is 2.16 bits per heavy atom. The highest BCUT2D eigenvalue weighted by Gasteiger charge is 2.27. The first-order chi connectivity index (χ1) is 9.28. The minimum Gasteiger partial charge on any atom is -0.497 e. The Balaban J connectivity index is 2.03. The van der Waals surface area contributed by atoms with Crippen molar-refractivity contribution in [1.82, 2.24) is 10.6 Å². The fourth-order valence-electron chi connectivity index (χ4n) is 3.23. The molecule has 3 heteroatoms. The smallest absolute Gasteiger partial charge is 0.118 e. The molecule has 19 heavy (non-hydrogen) atoms. The van der Waals surface area contributed by atoms with Crippen LogP contribution >= 0.6 is 0 Å². The van der Waals surface area contributed by atoms with Gasteiger partial charge in [0.05, 0.1) is 7.11 Å². The highest BCUT2D eigenvalue weighted by Crippen LogP contribution is 2.34. The minimum absolute atomic E-state index is 0.462. The van der Waals surface area contributed by atoms with Crippen LogP contribution in [0.5, 0.6) is 5.75 Å². The second kappa shape index (κ2) is 6.92. The molecule has 1 fully saturated rings. The second-order valence-corrected chi connectivity index (χ2v) is 5.44. The zero-order chi connectivity index (χ0) is 13.7.